The molecular weight excluding hydrogens is 380 g/mol. The molecule has 0 saturated carbocycles. The molecule has 1 aromatic rings. The van der Waals surface area contributed by atoms with Crippen LogP contribution in [0.2, 0.25) is 0 Å². The van der Waals surface area contributed by atoms with E-state index in [9.17, 15) is 9.59 Å². The highest BCUT2D eigenvalue weighted by Gasteiger charge is 2.26. The van der Waals surface area contributed by atoms with Gasteiger partial charge in [-0.3, -0.25) is 19.4 Å². The molecule has 1 saturated heterocycles. The Labute approximate surface area is 171 Å². The van der Waals surface area contributed by atoms with Crippen molar-refractivity contribution >= 4 is 29.2 Å². The number of piperidine rings is 1. The number of halogens is 1. The minimum Gasteiger partial charge on any atom is -0.465 e. The summed E-state index contributed by atoms with van der Waals surface area (Å²) in [6, 6.07) is 9.09. The van der Waals surface area contributed by atoms with Gasteiger partial charge in [-0.15, -0.1) is 11.6 Å². The fourth-order valence-corrected chi connectivity index (χ4v) is 3.56. The molecule has 152 valence electrons. The maximum atomic E-state index is 12.4. The summed E-state index contributed by atoms with van der Waals surface area (Å²) < 4.78 is 5.00. The summed E-state index contributed by atoms with van der Waals surface area (Å²) in [5, 5.41) is 11.7. The highest BCUT2D eigenvalue weighted by Crippen LogP contribution is 2.17. The van der Waals surface area contributed by atoms with Crippen LogP contribution in [0.3, 0.4) is 0 Å². The van der Waals surface area contributed by atoms with Gasteiger partial charge in [-0.05, 0) is 44.0 Å². The van der Waals surface area contributed by atoms with Crippen LogP contribution in [-0.4, -0.2) is 72.9 Å². The van der Waals surface area contributed by atoms with E-state index in [0.717, 1.165) is 25.9 Å². The van der Waals surface area contributed by atoms with Gasteiger partial charge in [0.15, 0.2) is 0 Å². The zero-order valence-electron chi connectivity index (χ0n) is 16.2. The van der Waals surface area contributed by atoms with Gasteiger partial charge in [0.25, 0.3) is 0 Å². The lowest BCUT2D eigenvalue weighted by Gasteiger charge is -2.37. The number of nitriles is 1. The number of hydrogen-bond donors (Lipinski definition) is 1. The molecule has 1 aliphatic rings. The summed E-state index contributed by atoms with van der Waals surface area (Å²) in [5.41, 5.74) is 1.22. The fourth-order valence-electron chi connectivity index (χ4n) is 3.34. The zero-order valence-corrected chi connectivity index (χ0v) is 17.0. The maximum absolute atomic E-state index is 12.4. The van der Waals surface area contributed by atoms with E-state index in [0.29, 0.717) is 36.8 Å². The maximum Gasteiger partial charge on any atom is 0.320 e. The van der Waals surface area contributed by atoms with Crippen molar-refractivity contribution in [3.05, 3.63) is 29.8 Å². The highest BCUT2D eigenvalue weighted by atomic mass is 35.5. The van der Waals surface area contributed by atoms with Gasteiger partial charge in [0, 0.05) is 37.2 Å². The van der Waals surface area contributed by atoms with E-state index >= 15 is 0 Å². The Morgan fingerprint density at radius 3 is 2.57 bits per heavy atom. The quantitative estimate of drug-likeness (QED) is 0.499. The van der Waals surface area contributed by atoms with Gasteiger partial charge >= 0.3 is 5.97 Å². The molecule has 8 heteroatoms. The van der Waals surface area contributed by atoms with Crippen LogP contribution in [0.25, 0.3) is 0 Å². The molecule has 1 heterocycles. The Hall–Kier alpha value is -2.14. The monoisotopic (exact) mass is 406 g/mol. The summed E-state index contributed by atoms with van der Waals surface area (Å²) in [6.45, 7) is 4.98. The van der Waals surface area contributed by atoms with Gasteiger partial charge in [0.1, 0.15) is 0 Å². The summed E-state index contributed by atoms with van der Waals surface area (Å²) in [5.74, 6) is 0.150. The molecule has 1 N–H and O–H groups in total. The van der Waals surface area contributed by atoms with Gasteiger partial charge in [0.05, 0.1) is 31.3 Å². The average molecular weight is 407 g/mol. The lowest BCUT2D eigenvalue weighted by molar-refractivity contribution is -0.144. The molecule has 2 rings (SSSR count). The SMILES string of the molecule is CCOC(=O)CN1CCC(N(CCCl)CC(=O)Nc2ccc(C#N)cc2)CC1. The van der Waals surface area contributed by atoms with Crippen molar-refractivity contribution in [2.45, 2.75) is 25.8 Å². The molecule has 0 unspecified atom stereocenters. The topological polar surface area (TPSA) is 85.7 Å². The van der Waals surface area contributed by atoms with E-state index in [-0.39, 0.29) is 24.5 Å². The van der Waals surface area contributed by atoms with Crippen molar-refractivity contribution < 1.29 is 14.3 Å². The Morgan fingerprint density at radius 2 is 2.00 bits per heavy atom. The Bertz CT molecular complexity index is 682. The van der Waals surface area contributed by atoms with E-state index in [1.807, 2.05) is 0 Å². The number of rotatable bonds is 9. The highest BCUT2D eigenvalue weighted by molar-refractivity contribution is 6.18. The van der Waals surface area contributed by atoms with Crippen LogP contribution >= 0.6 is 11.6 Å². The molecular formula is C20H27ClN4O3. The first-order valence-corrected chi connectivity index (χ1v) is 10.1. The fraction of sp³-hybridized carbons (Fsp3) is 0.550. The number of carbonyl (C=O) groups excluding carboxylic acids is 2. The second-order valence-corrected chi connectivity index (χ2v) is 7.09. The first-order valence-electron chi connectivity index (χ1n) is 9.53. The third-order valence-corrected chi connectivity index (χ3v) is 4.92. The third kappa shape index (κ3) is 7.12. The number of benzene rings is 1. The predicted octanol–water partition coefficient (Wildman–Crippen LogP) is 2.07. The van der Waals surface area contributed by atoms with E-state index in [1.54, 1.807) is 31.2 Å². The number of hydrogen-bond acceptors (Lipinski definition) is 6. The van der Waals surface area contributed by atoms with E-state index < -0.39 is 0 Å². The van der Waals surface area contributed by atoms with E-state index in [4.69, 9.17) is 21.6 Å². The van der Waals surface area contributed by atoms with Crippen LogP contribution in [0.1, 0.15) is 25.3 Å². The first kappa shape index (κ1) is 22.2. The summed E-state index contributed by atoms with van der Waals surface area (Å²) in [4.78, 5) is 28.3. The number of ether oxygens (including phenoxy) is 1. The van der Waals surface area contributed by atoms with Crippen LogP contribution in [0.5, 0.6) is 0 Å². The van der Waals surface area contributed by atoms with Crippen molar-refractivity contribution in [3.63, 3.8) is 0 Å². The second kappa shape index (κ2) is 11.6. The van der Waals surface area contributed by atoms with Gasteiger partial charge in [-0.25, -0.2) is 0 Å². The number of nitrogens with one attached hydrogen (secondary N) is 1. The standard InChI is InChI=1S/C20H27ClN4O3/c1-2-28-20(27)15-24-10-7-18(8-11-24)25(12-9-21)14-19(26)23-17-5-3-16(13-22)4-6-17/h3-6,18H,2,7-12,14-15H2,1H3,(H,23,26). The van der Waals surface area contributed by atoms with E-state index in [2.05, 4.69) is 21.2 Å². The van der Waals surface area contributed by atoms with Crippen molar-refractivity contribution in [2.24, 2.45) is 0 Å². The van der Waals surface area contributed by atoms with Crippen LogP contribution in [0.4, 0.5) is 5.69 Å². The van der Waals surface area contributed by atoms with Crippen molar-refractivity contribution in [1.82, 2.24) is 9.80 Å². The second-order valence-electron chi connectivity index (χ2n) is 6.71. The Kier molecular flexibility index (Phi) is 9.21. The van der Waals surface area contributed by atoms with Crippen LogP contribution in [0.15, 0.2) is 24.3 Å². The summed E-state index contributed by atoms with van der Waals surface area (Å²) >= 11 is 5.95. The number of nitrogens with zero attached hydrogens (tertiary/aromatic N) is 3. The molecule has 1 aliphatic heterocycles. The molecule has 1 aromatic carbocycles. The molecule has 0 aromatic heterocycles. The van der Waals surface area contributed by atoms with Gasteiger partial charge in [-0.1, -0.05) is 0 Å². The lowest BCUT2D eigenvalue weighted by Crippen LogP contribution is -2.49. The lowest BCUT2D eigenvalue weighted by atomic mass is 10.0. The Morgan fingerprint density at radius 1 is 1.32 bits per heavy atom. The Balaban J connectivity index is 1.84. The first-order chi connectivity index (χ1) is 13.5. The molecule has 1 fully saturated rings. The molecule has 0 spiro atoms. The number of likely N-dealkylation sites (tertiary alicyclic amines) is 1. The number of alkyl halides is 1. The normalized spacial score (nSPS) is 15.2. The molecule has 0 aliphatic carbocycles. The van der Waals surface area contributed by atoms with Crippen molar-refractivity contribution in [1.29, 1.82) is 5.26 Å². The number of esters is 1. The molecule has 0 radical (unpaired) electrons. The summed E-state index contributed by atoms with van der Waals surface area (Å²) in [7, 11) is 0. The van der Waals surface area contributed by atoms with Gasteiger partial charge in [0.2, 0.25) is 5.91 Å². The van der Waals surface area contributed by atoms with Crippen LogP contribution in [0, 0.1) is 11.3 Å². The molecule has 1 amide bonds. The molecule has 0 bridgehead atoms. The van der Waals surface area contributed by atoms with Crippen molar-refractivity contribution in [3.8, 4) is 6.07 Å². The van der Waals surface area contributed by atoms with Crippen LogP contribution < -0.4 is 5.32 Å². The molecule has 7 nitrogen and oxygen atoms in total. The van der Waals surface area contributed by atoms with Gasteiger partial charge in [-0.2, -0.15) is 5.26 Å². The number of amides is 1. The number of anilines is 1. The van der Waals surface area contributed by atoms with Crippen LogP contribution in [-0.2, 0) is 14.3 Å². The summed E-state index contributed by atoms with van der Waals surface area (Å²) in [6.07, 6.45) is 1.75. The van der Waals surface area contributed by atoms with E-state index in [1.165, 1.54) is 0 Å². The van der Waals surface area contributed by atoms with Crippen molar-refractivity contribution in [2.75, 3.05) is 50.5 Å². The largest absolute Gasteiger partial charge is 0.465 e. The number of carbonyl (C=O) groups is 2. The third-order valence-electron chi connectivity index (χ3n) is 4.75. The minimum atomic E-state index is -0.194. The molecule has 28 heavy (non-hydrogen) atoms. The molecule has 0 atom stereocenters. The zero-order chi connectivity index (χ0) is 20.4. The predicted molar refractivity (Wildman–Crippen MR) is 108 cm³/mol. The smallest absolute Gasteiger partial charge is 0.320 e. The average Bonchev–Trinajstić information content (AvgIpc) is 2.69. The minimum absolute atomic E-state index is 0.108. The van der Waals surface area contributed by atoms with Gasteiger partial charge < -0.3 is 10.1 Å².